The molecule has 0 aliphatic rings. The van der Waals surface area contributed by atoms with Gasteiger partial charge in [-0.05, 0) is 68.5 Å². The SMILES string of the molecule is C=C(C)C(=O)OCCOc1ccc(-c2ccc(OC(=O)C(=C)C)cc2OC=C(C)C)c2ccccc12. The molecule has 186 valence electrons. The van der Waals surface area contributed by atoms with Crippen molar-refractivity contribution >= 4 is 22.7 Å². The fraction of sp³-hybridized carbons (Fsp3) is 0.200. The smallest absolute Gasteiger partial charge is 0.338 e. The Kier molecular flexibility index (Phi) is 8.68. The summed E-state index contributed by atoms with van der Waals surface area (Å²) in [5, 5.41) is 1.84. The first-order valence-electron chi connectivity index (χ1n) is 11.5. The molecule has 0 heterocycles. The minimum atomic E-state index is -0.503. The van der Waals surface area contributed by atoms with Gasteiger partial charge in [0.1, 0.15) is 30.5 Å². The number of allylic oxidation sites excluding steroid dienone is 1. The van der Waals surface area contributed by atoms with E-state index in [0.717, 1.165) is 27.5 Å². The van der Waals surface area contributed by atoms with E-state index in [-0.39, 0.29) is 13.2 Å². The third-order valence-electron chi connectivity index (χ3n) is 5.03. The van der Waals surface area contributed by atoms with Crippen molar-refractivity contribution in [1.82, 2.24) is 0 Å². The van der Waals surface area contributed by atoms with Crippen LogP contribution in [0.4, 0.5) is 0 Å². The first kappa shape index (κ1) is 26.3. The maximum Gasteiger partial charge on any atom is 0.338 e. The summed E-state index contributed by atoms with van der Waals surface area (Å²) >= 11 is 0. The summed E-state index contributed by atoms with van der Waals surface area (Å²) in [6.07, 6.45) is 1.65. The molecule has 0 aliphatic carbocycles. The Morgan fingerprint density at radius 1 is 0.778 bits per heavy atom. The number of esters is 2. The van der Waals surface area contributed by atoms with E-state index >= 15 is 0 Å². The van der Waals surface area contributed by atoms with Gasteiger partial charge in [0.15, 0.2) is 0 Å². The molecule has 0 spiro atoms. The molecule has 0 N–H and O–H groups in total. The summed E-state index contributed by atoms with van der Waals surface area (Å²) in [5.41, 5.74) is 3.37. The molecule has 36 heavy (non-hydrogen) atoms. The molecule has 0 amide bonds. The van der Waals surface area contributed by atoms with E-state index in [0.29, 0.717) is 28.4 Å². The minimum absolute atomic E-state index is 0.118. The highest BCUT2D eigenvalue weighted by molar-refractivity contribution is 6.01. The number of benzene rings is 3. The Morgan fingerprint density at radius 2 is 1.44 bits per heavy atom. The molecule has 0 atom stereocenters. The van der Waals surface area contributed by atoms with Crippen LogP contribution in [0.2, 0.25) is 0 Å². The average molecular weight is 487 g/mol. The molecule has 3 rings (SSSR count). The lowest BCUT2D eigenvalue weighted by Crippen LogP contribution is -2.12. The monoisotopic (exact) mass is 486 g/mol. The fourth-order valence-corrected chi connectivity index (χ4v) is 3.30. The van der Waals surface area contributed by atoms with Gasteiger partial charge in [-0.15, -0.1) is 0 Å². The molecule has 0 saturated heterocycles. The van der Waals surface area contributed by atoms with E-state index < -0.39 is 11.9 Å². The van der Waals surface area contributed by atoms with Crippen molar-refractivity contribution in [3.63, 3.8) is 0 Å². The maximum atomic E-state index is 12.0. The maximum absolute atomic E-state index is 12.0. The Morgan fingerprint density at radius 3 is 2.11 bits per heavy atom. The number of hydrogen-bond acceptors (Lipinski definition) is 6. The summed E-state index contributed by atoms with van der Waals surface area (Å²) in [6.45, 7) is 14.6. The molecule has 0 unspecified atom stereocenters. The van der Waals surface area contributed by atoms with Crippen LogP contribution in [-0.2, 0) is 14.3 Å². The number of rotatable bonds is 10. The highest BCUT2D eigenvalue weighted by Crippen LogP contribution is 2.40. The van der Waals surface area contributed by atoms with Crippen LogP contribution in [-0.4, -0.2) is 25.2 Å². The van der Waals surface area contributed by atoms with Crippen LogP contribution in [0.25, 0.3) is 21.9 Å². The van der Waals surface area contributed by atoms with Gasteiger partial charge in [-0.2, -0.15) is 0 Å². The number of fused-ring (bicyclic) bond motifs is 1. The minimum Gasteiger partial charge on any atom is -0.489 e. The van der Waals surface area contributed by atoms with E-state index in [2.05, 4.69) is 13.2 Å². The van der Waals surface area contributed by atoms with Crippen LogP contribution >= 0.6 is 0 Å². The number of carbonyl (C=O) groups excluding carboxylic acids is 2. The molecule has 3 aromatic carbocycles. The van der Waals surface area contributed by atoms with E-state index in [1.54, 1.807) is 32.2 Å². The lowest BCUT2D eigenvalue weighted by atomic mass is 9.97. The third-order valence-corrected chi connectivity index (χ3v) is 5.03. The Bertz CT molecular complexity index is 1340. The highest BCUT2D eigenvalue weighted by atomic mass is 16.6. The van der Waals surface area contributed by atoms with Gasteiger partial charge in [-0.1, -0.05) is 37.4 Å². The van der Waals surface area contributed by atoms with Gasteiger partial charge in [0.2, 0.25) is 0 Å². The van der Waals surface area contributed by atoms with Crippen molar-refractivity contribution in [2.75, 3.05) is 13.2 Å². The second kappa shape index (κ2) is 11.9. The van der Waals surface area contributed by atoms with Crippen LogP contribution in [0.3, 0.4) is 0 Å². The third kappa shape index (κ3) is 6.63. The topological polar surface area (TPSA) is 71.1 Å². The molecule has 3 aromatic rings. The van der Waals surface area contributed by atoms with Crippen LogP contribution in [0.15, 0.2) is 90.7 Å². The van der Waals surface area contributed by atoms with Gasteiger partial charge in [0.05, 0.1) is 6.26 Å². The summed E-state index contributed by atoms with van der Waals surface area (Å²) in [5.74, 6) is 0.614. The molecule has 0 fully saturated rings. The van der Waals surface area contributed by atoms with Crippen LogP contribution in [0.1, 0.15) is 27.7 Å². The van der Waals surface area contributed by atoms with E-state index in [4.69, 9.17) is 18.9 Å². The Hall–Kier alpha value is -4.32. The van der Waals surface area contributed by atoms with Crippen molar-refractivity contribution in [1.29, 1.82) is 0 Å². The predicted octanol–water partition coefficient (Wildman–Crippen LogP) is 6.79. The first-order chi connectivity index (χ1) is 17.2. The van der Waals surface area contributed by atoms with Gasteiger partial charge < -0.3 is 18.9 Å². The lowest BCUT2D eigenvalue weighted by molar-refractivity contribution is -0.139. The van der Waals surface area contributed by atoms with Crippen molar-refractivity contribution in [3.8, 4) is 28.4 Å². The molecule has 0 aliphatic heterocycles. The zero-order valence-corrected chi connectivity index (χ0v) is 21.1. The summed E-state index contributed by atoms with van der Waals surface area (Å²) in [4.78, 5) is 23.6. The highest BCUT2D eigenvalue weighted by Gasteiger charge is 2.15. The van der Waals surface area contributed by atoms with Crippen molar-refractivity contribution in [3.05, 3.63) is 90.7 Å². The predicted molar refractivity (Wildman–Crippen MR) is 141 cm³/mol. The van der Waals surface area contributed by atoms with Gasteiger partial charge in [-0.3, -0.25) is 0 Å². The standard InChI is InChI=1S/C30H30O6/c1-19(2)18-35-28-17-22(36-30(32)21(5)6)11-12-26(28)24-13-14-27(25-10-8-7-9-23(24)25)33-15-16-34-29(31)20(3)4/h7-14,17-18H,3,5,15-16H2,1-2,4,6H3. The first-order valence-corrected chi connectivity index (χ1v) is 11.5. The van der Waals surface area contributed by atoms with Crippen LogP contribution in [0, 0.1) is 0 Å². The van der Waals surface area contributed by atoms with Crippen molar-refractivity contribution < 1.29 is 28.5 Å². The Labute approximate surface area is 211 Å². The van der Waals surface area contributed by atoms with E-state index in [1.807, 2.05) is 56.3 Å². The van der Waals surface area contributed by atoms with Gasteiger partial charge in [0, 0.05) is 28.2 Å². The second-order valence-electron chi connectivity index (χ2n) is 8.56. The molecular formula is C30H30O6. The lowest BCUT2D eigenvalue weighted by Gasteiger charge is -2.16. The normalized spacial score (nSPS) is 10.3. The molecular weight excluding hydrogens is 456 g/mol. The van der Waals surface area contributed by atoms with Crippen LogP contribution in [0.5, 0.6) is 17.2 Å². The van der Waals surface area contributed by atoms with Gasteiger partial charge in [0.25, 0.3) is 0 Å². The number of carbonyl (C=O) groups is 2. The fourth-order valence-electron chi connectivity index (χ4n) is 3.30. The number of ether oxygens (including phenoxy) is 4. The van der Waals surface area contributed by atoms with Gasteiger partial charge in [-0.25, -0.2) is 9.59 Å². The quantitative estimate of drug-likeness (QED) is 0.103. The second-order valence-corrected chi connectivity index (χ2v) is 8.56. The zero-order valence-electron chi connectivity index (χ0n) is 21.1. The summed E-state index contributed by atoms with van der Waals surface area (Å²) < 4.78 is 22.4. The van der Waals surface area contributed by atoms with Gasteiger partial charge >= 0.3 is 11.9 Å². The Balaban J connectivity index is 1.97. The molecule has 0 aromatic heterocycles. The molecule has 0 bridgehead atoms. The molecule has 0 saturated carbocycles. The average Bonchev–Trinajstić information content (AvgIpc) is 2.85. The van der Waals surface area contributed by atoms with E-state index in [1.165, 1.54) is 0 Å². The van der Waals surface area contributed by atoms with Crippen molar-refractivity contribution in [2.45, 2.75) is 27.7 Å². The van der Waals surface area contributed by atoms with Crippen molar-refractivity contribution in [2.24, 2.45) is 0 Å². The molecule has 6 heteroatoms. The molecule has 0 radical (unpaired) electrons. The van der Waals surface area contributed by atoms with Crippen LogP contribution < -0.4 is 14.2 Å². The summed E-state index contributed by atoms with van der Waals surface area (Å²) in [7, 11) is 0. The molecule has 6 nitrogen and oxygen atoms in total. The van der Waals surface area contributed by atoms with E-state index in [9.17, 15) is 9.59 Å². The number of hydrogen-bond donors (Lipinski definition) is 0. The zero-order chi connectivity index (χ0) is 26.2. The largest absolute Gasteiger partial charge is 0.489 e. The summed E-state index contributed by atoms with van der Waals surface area (Å²) in [6, 6.07) is 16.9.